The molecule has 0 unspecified atom stereocenters. The van der Waals surface area contributed by atoms with Gasteiger partial charge in [0, 0.05) is 37.9 Å². The molecule has 0 fully saturated rings. The van der Waals surface area contributed by atoms with Crippen molar-refractivity contribution < 1.29 is 4.79 Å². The van der Waals surface area contributed by atoms with Gasteiger partial charge in [-0.15, -0.1) is 0 Å². The number of amides is 1. The Hall–Kier alpha value is -2.50. The first-order chi connectivity index (χ1) is 9.08. The van der Waals surface area contributed by atoms with E-state index in [4.69, 9.17) is 5.73 Å². The lowest BCUT2D eigenvalue weighted by atomic mass is 10.1. The van der Waals surface area contributed by atoms with Crippen LogP contribution in [0.1, 0.15) is 16.2 Å². The minimum atomic E-state index is -0.0676. The molecule has 19 heavy (non-hydrogen) atoms. The molecule has 2 aromatic rings. The average Bonchev–Trinajstić information content (AvgIpc) is 2.88. The van der Waals surface area contributed by atoms with Gasteiger partial charge in [-0.25, -0.2) is 4.98 Å². The first-order valence-corrected chi connectivity index (χ1v) is 5.91. The van der Waals surface area contributed by atoms with Gasteiger partial charge < -0.3 is 20.9 Å². The van der Waals surface area contributed by atoms with E-state index >= 15 is 0 Å². The van der Waals surface area contributed by atoms with Crippen LogP contribution in [0.2, 0.25) is 0 Å². The lowest BCUT2D eigenvalue weighted by Crippen LogP contribution is -2.23. The number of carbonyl (C=O) groups excluding carboxylic acids is 1. The Labute approximate surface area is 111 Å². The van der Waals surface area contributed by atoms with Crippen molar-refractivity contribution in [3.63, 3.8) is 0 Å². The maximum absolute atomic E-state index is 12.1. The molecule has 0 aliphatic heterocycles. The molecule has 1 aromatic heterocycles. The number of aromatic nitrogens is 2. The van der Waals surface area contributed by atoms with E-state index in [1.807, 2.05) is 0 Å². The van der Waals surface area contributed by atoms with Crippen LogP contribution < -0.4 is 11.1 Å². The van der Waals surface area contributed by atoms with Crippen LogP contribution >= 0.6 is 0 Å². The van der Waals surface area contributed by atoms with Crippen molar-refractivity contribution in [2.75, 3.05) is 25.1 Å². The number of benzene rings is 1. The predicted molar refractivity (Wildman–Crippen MR) is 74.8 cm³/mol. The first-order valence-electron chi connectivity index (χ1n) is 5.91. The maximum atomic E-state index is 12.1. The fourth-order valence-electron chi connectivity index (χ4n) is 1.71. The van der Waals surface area contributed by atoms with Crippen molar-refractivity contribution in [1.29, 1.82) is 0 Å². The van der Waals surface area contributed by atoms with Gasteiger partial charge in [-0.05, 0) is 18.2 Å². The largest absolute Gasteiger partial charge is 0.399 e. The summed E-state index contributed by atoms with van der Waals surface area (Å²) >= 11 is 0. The van der Waals surface area contributed by atoms with Gasteiger partial charge in [-0.3, -0.25) is 4.79 Å². The van der Waals surface area contributed by atoms with Crippen LogP contribution in [0.25, 0.3) is 0 Å². The summed E-state index contributed by atoms with van der Waals surface area (Å²) in [6.45, 7) is 0.504. The lowest BCUT2D eigenvalue weighted by molar-refractivity contribution is 0.0828. The molecule has 0 aliphatic rings. The van der Waals surface area contributed by atoms with Crippen molar-refractivity contribution in [3.8, 4) is 0 Å². The number of nitrogens with zero attached hydrogens (tertiary/aromatic N) is 2. The van der Waals surface area contributed by atoms with E-state index in [1.54, 1.807) is 44.7 Å². The van der Waals surface area contributed by atoms with E-state index in [9.17, 15) is 4.79 Å². The monoisotopic (exact) mass is 259 g/mol. The van der Waals surface area contributed by atoms with Crippen LogP contribution in [0.4, 0.5) is 11.4 Å². The van der Waals surface area contributed by atoms with E-state index < -0.39 is 0 Å². The number of carbonyl (C=O) groups is 1. The second-order valence-electron chi connectivity index (χ2n) is 4.39. The normalized spacial score (nSPS) is 10.2. The van der Waals surface area contributed by atoms with Gasteiger partial charge in [0.15, 0.2) is 0 Å². The Kier molecular flexibility index (Phi) is 3.70. The van der Waals surface area contributed by atoms with E-state index in [1.165, 1.54) is 4.90 Å². The summed E-state index contributed by atoms with van der Waals surface area (Å²) in [6.07, 6.45) is 3.44. The number of aromatic amines is 1. The van der Waals surface area contributed by atoms with Crippen LogP contribution in [0.3, 0.4) is 0 Å². The van der Waals surface area contributed by atoms with Crippen molar-refractivity contribution in [1.82, 2.24) is 14.9 Å². The molecule has 1 amide bonds. The van der Waals surface area contributed by atoms with Crippen molar-refractivity contribution in [2.24, 2.45) is 0 Å². The van der Waals surface area contributed by atoms with Crippen molar-refractivity contribution >= 4 is 17.3 Å². The molecule has 100 valence electrons. The topological polar surface area (TPSA) is 87.0 Å². The quantitative estimate of drug-likeness (QED) is 0.722. The van der Waals surface area contributed by atoms with E-state index in [-0.39, 0.29) is 5.91 Å². The standard InChI is InChI=1S/C13H17N5O/c1-18(2)13(19)10-4-3-9(14)7-11(10)17-8-12-15-5-6-16-12/h3-7,17H,8,14H2,1-2H3,(H,15,16). The van der Waals surface area contributed by atoms with Crippen molar-refractivity contribution in [2.45, 2.75) is 6.54 Å². The number of nitrogens with two attached hydrogens (primary N) is 1. The number of nitrogen functional groups attached to an aromatic ring is 1. The summed E-state index contributed by atoms with van der Waals surface area (Å²) in [4.78, 5) is 20.7. The molecule has 0 bridgehead atoms. The van der Waals surface area contributed by atoms with Crippen LogP contribution in [0, 0.1) is 0 Å². The van der Waals surface area contributed by atoms with Crippen LogP contribution in [0.5, 0.6) is 0 Å². The molecule has 1 aromatic carbocycles. The zero-order valence-corrected chi connectivity index (χ0v) is 11.0. The lowest BCUT2D eigenvalue weighted by Gasteiger charge is -2.15. The molecule has 2 rings (SSSR count). The number of hydrogen-bond acceptors (Lipinski definition) is 4. The molecule has 1 heterocycles. The van der Waals surface area contributed by atoms with Crippen molar-refractivity contribution in [3.05, 3.63) is 42.0 Å². The second-order valence-corrected chi connectivity index (χ2v) is 4.39. The zero-order chi connectivity index (χ0) is 13.8. The molecule has 0 aliphatic carbocycles. The van der Waals surface area contributed by atoms with Gasteiger partial charge in [0.1, 0.15) is 5.82 Å². The van der Waals surface area contributed by atoms with Gasteiger partial charge in [0.25, 0.3) is 5.91 Å². The minimum absolute atomic E-state index is 0.0676. The molecule has 0 saturated heterocycles. The molecule has 0 radical (unpaired) electrons. The molecular formula is C13H17N5O. The first kappa shape index (κ1) is 12.9. The van der Waals surface area contributed by atoms with Gasteiger partial charge in [-0.1, -0.05) is 0 Å². The third kappa shape index (κ3) is 3.04. The highest BCUT2D eigenvalue weighted by molar-refractivity contribution is 5.99. The van der Waals surface area contributed by atoms with Gasteiger partial charge >= 0.3 is 0 Å². The highest BCUT2D eigenvalue weighted by atomic mass is 16.2. The number of anilines is 2. The highest BCUT2D eigenvalue weighted by Gasteiger charge is 2.13. The van der Waals surface area contributed by atoms with Gasteiger partial charge in [0.05, 0.1) is 12.1 Å². The molecule has 0 atom stereocenters. The average molecular weight is 259 g/mol. The number of imidazole rings is 1. The predicted octanol–water partition coefficient (Wildman–Crippen LogP) is 1.31. The number of rotatable bonds is 4. The summed E-state index contributed by atoms with van der Waals surface area (Å²) in [5.74, 6) is 0.729. The Morgan fingerprint density at radius 3 is 2.89 bits per heavy atom. The zero-order valence-electron chi connectivity index (χ0n) is 11.0. The Bertz CT molecular complexity index is 562. The Morgan fingerprint density at radius 1 is 1.47 bits per heavy atom. The van der Waals surface area contributed by atoms with E-state index in [0.29, 0.717) is 23.5 Å². The van der Waals surface area contributed by atoms with E-state index in [0.717, 1.165) is 5.82 Å². The summed E-state index contributed by atoms with van der Waals surface area (Å²) in [7, 11) is 3.43. The molecule has 0 spiro atoms. The van der Waals surface area contributed by atoms with Crippen LogP contribution in [-0.2, 0) is 6.54 Å². The van der Waals surface area contributed by atoms with Crippen LogP contribution in [0.15, 0.2) is 30.6 Å². The molecular weight excluding hydrogens is 242 g/mol. The highest BCUT2D eigenvalue weighted by Crippen LogP contribution is 2.21. The Morgan fingerprint density at radius 2 is 2.26 bits per heavy atom. The fraction of sp³-hybridized carbons (Fsp3) is 0.231. The van der Waals surface area contributed by atoms with Gasteiger partial charge in [-0.2, -0.15) is 0 Å². The summed E-state index contributed by atoms with van der Waals surface area (Å²) in [5.41, 5.74) is 7.67. The number of nitrogens with one attached hydrogen (secondary N) is 2. The molecule has 6 nitrogen and oxygen atoms in total. The SMILES string of the molecule is CN(C)C(=O)c1ccc(N)cc1NCc1ncc[nH]1. The molecule has 6 heteroatoms. The summed E-state index contributed by atoms with van der Waals surface area (Å²) < 4.78 is 0. The number of H-pyrrole nitrogens is 1. The van der Waals surface area contributed by atoms with Gasteiger partial charge in [0.2, 0.25) is 0 Å². The third-order valence-electron chi connectivity index (χ3n) is 2.68. The minimum Gasteiger partial charge on any atom is -0.399 e. The van der Waals surface area contributed by atoms with Crippen LogP contribution in [-0.4, -0.2) is 34.9 Å². The van der Waals surface area contributed by atoms with E-state index in [2.05, 4.69) is 15.3 Å². The number of hydrogen-bond donors (Lipinski definition) is 3. The Balaban J connectivity index is 2.22. The maximum Gasteiger partial charge on any atom is 0.255 e. The summed E-state index contributed by atoms with van der Waals surface area (Å²) in [5, 5.41) is 3.17. The third-order valence-corrected chi connectivity index (χ3v) is 2.68. The molecule has 4 N–H and O–H groups in total. The molecule has 0 saturated carbocycles. The summed E-state index contributed by atoms with van der Waals surface area (Å²) in [6, 6.07) is 5.19. The second kappa shape index (κ2) is 5.43. The smallest absolute Gasteiger partial charge is 0.255 e. The fourth-order valence-corrected chi connectivity index (χ4v) is 1.71.